The zero-order valence-corrected chi connectivity index (χ0v) is 17.3. The Labute approximate surface area is 174 Å². The largest absolute Gasteiger partial charge is 0.369 e. The average molecular weight is 388 g/mol. The van der Waals surface area contributed by atoms with E-state index in [0.29, 0.717) is 12.2 Å². The lowest BCUT2D eigenvalue weighted by molar-refractivity contribution is 0.0324. The molecule has 1 unspecified atom stereocenters. The maximum Gasteiger partial charge on any atom is 0.258 e. The van der Waals surface area contributed by atoms with Gasteiger partial charge in [0, 0.05) is 18.3 Å². The van der Waals surface area contributed by atoms with Gasteiger partial charge in [-0.2, -0.15) is 0 Å². The molecule has 1 amide bonds. The third kappa shape index (κ3) is 5.78. The molecular formula is C26H29NO2. The lowest BCUT2D eigenvalue weighted by Gasteiger charge is -2.20. The summed E-state index contributed by atoms with van der Waals surface area (Å²) in [5, 5.41) is 0. The summed E-state index contributed by atoms with van der Waals surface area (Å²) in [5.41, 5.74) is 3.83. The van der Waals surface area contributed by atoms with Crippen LogP contribution in [-0.2, 0) is 11.3 Å². The normalized spacial score (nSPS) is 11.8. The Morgan fingerprint density at radius 3 is 2.31 bits per heavy atom. The molecule has 0 aliphatic heterocycles. The van der Waals surface area contributed by atoms with Crippen molar-refractivity contribution in [3.63, 3.8) is 0 Å². The van der Waals surface area contributed by atoms with Crippen molar-refractivity contribution in [1.82, 2.24) is 0 Å². The van der Waals surface area contributed by atoms with Crippen LogP contribution in [0.15, 0.2) is 84.9 Å². The number of carbonyl (C=O) groups excluding carboxylic acids is 1. The summed E-state index contributed by atoms with van der Waals surface area (Å²) < 4.78 is 6.29. The van der Waals surface area contributed by atoms with Crippen molar-refractivity contribution in [3.8, 4) is 0 Å². The third-order valence-electron chi connectivity index (χ3n) is 5.07. The molecule has 0 aliphatic carbocycles. The van der Waals surface area contributed by atoms with Gasteiger partial charge in [-0.1, -0.05) is 80.4 Å². The molecule has 0 spiro atoms. The number of carbonyl (C=O) groups is 1. The number of ether oxygens (including phenoxy) is 1. The Bertz CT molecular complexity index is 893. The van der Waals surface area contributed by atoms with E-state index in [2.05, 4.69) is 31.2 Å². The maximum absolute atomic E-state index is 12.7. The molecule has 0 saturated carbocycles. The summed E-state index contributed by atoms with van der Waals surface area (Å²) in [6.07, 6.45) is 3.37. The monoisotopic (exact) mass is 387 g/mol. The molecule has 1 atom stereocenters. The van der Waals surface area contributed by atoms with Crippen molar-refractivity contribution in [3.05, 3.63) is 102 Å². The predicted octanol–water partition coefficient (Wildman–Crippen LogP) is 6.41. The Morgan fingerprint density at radius 1 is 0.931 bits per heavy atom. The molecule has 150 valence electrons. The van der Waals surface area contributed by atoms with E-state index in [1.165, 1.54) is 5.56 Å². The molecule has 0 aliphatic rings. The summed E-state index contributed by atoms with van der Waals surface area (Å²) in [5.74, 6) is -0.0197. The van der Waals surface area contributed by atoms with Crippen LogP contribution in [0.4, 0.5) is 5.69 Å². The Balaban J connectivity index is 1.69. The molecule has 0 fully saturated rings. The first-order valence-electron chi connectivity index (χ1n) is 10.3. The fourth-order valence-electron chi connectivity index (χ4n) is 3.35. The van der Waals surface area contributed by atoms with Gasteiger partial charge in [0.1, 0.15) is 0 Å². The lowest BCUT2D eigenvalue weighted by Crippen LogP contribution is -2.26. The standard InChI is InChI=1S/C26H29NO2/c1-3-4-18-25(22-13-7-5-8-14-22)29-20-21-12-11-17-24(19-21)27(2)26(28)23-15-9-6-10-16-23/h5-17,19,25H,3-4,18,20H2,1-2H3. The average Bonchev–Trinajstić information content (AvgIpc) is 2.79. The fraction of sp³-hybridized carbons (Fsp3) is 0.269. The van der Waals surface area contributed by atoms with Gasteiger partial charge >= 0.3 is 0 Å². The molecule has 0 N–H and O–H groups in total. The lowest BCUT2D eigenvalue weighted by atomic mass is 10.0. The smallest absolute Gasteiger partial charge is 0.258 e. The second-order valence-corrected chi connectivity index (χ2v) is 7.25. The van der Waals surface area contributed by atoms with E-state index in [1.807, 2.05) is 67.7 Å². The third-order valence-corrected chi connectivity index (χ3v) is 5.07. The van der Waals surface area contributed by atoms with Gasteiger partial charge in [-0.25, -0.2) is 0 Å². The van der Waals surface area contributed by atoms with Gasteiger partial charge in [-0.3, -0.25) is 4.79 Å². The van der Waals surface area contributed by atoms with Crippen LogP contribution in [0.5, 0.6) is 0 Å². The summed E-state index contributed by atoms with van der Waals surface area (Å²) in [7, 11) is 1.81. The molecular weight excluding hydrogens is 358 g/mol. The van der Waals surface area contributed by atoms with Gasteiger partial charge in [0.15, 0.2) is 0 Å². The molecule has 0 radical (unpaired) electrons. The van der Waals surface area contributed by atoms with Crippen molar-refractivity contribution in [2.75, 3.05) is 11.9 Å². The van der Waals surface area contributed by atoms with Gasteiger partial charge in [-0.15, -0.1) is 0 Å². The second kappa shape index (κ2) is 10.6. The van der Waals surface area contributed by atoms with Crippen molar-refractivity contribution >= 4 is 11.6 Å². The van der Waals surface area contributed by atoms with Gasteiger partial charge < -0.3 is 9.64 Å². The fourth-order valence-corrected chi connectivity index (χ4v) is 3.35. The number of anilines is 1. The Hall–Kier alpha value is -2.91. The highest BCUT2D eigenvalue weighted by Gasteiger charge is 2.15. The molecule has 0 aromatic heterocycles. The molecule has 0 bridgehead atoms. The van der Waals surface area contributed by atoms with Crippen molar-refractivity contribution in [2.24, 2.45) is 0 Å². The van der Waals surface area contributed by atoms with E-state index >= 15 is 0 Å². The number of rotatable bonds is 9. The summed E-state index contributed by atoms with van der Waals surface area (Å²) in [4.78, 5) is 14.4. The van der Waals surface area contributed by atoms with E-state index in [-0.39, 0.29) is 12.0 Å². The molecule has 29 heavy (non-hydrogen) atoms. The van der Waals surface area contributed by atoms with Crippen LogP contribution in [0.3, 0.4) is 0 Å². The Kier molecular flexibility index (Phi) is 7.60. The highest BCUT2D eigenvalue weighted by atomic mass is 16.5. The number of nitrogens with zero attached hydrogens (tertiary/aromatic N) is 1. The number of benzene rings is 3. The SMILES string of the molecule is CCCCC(OCc1cccc(N(C)C(=O)c2ccccc2)c1)c1ccccc1. The minimum atomic E-state index is -0.0197. The topological polar surface area (TPSA) is 29.5 Å². The van der Waals surface area contributed by atoms with Gasteiger partial charge in [0.25, 0.3) is 5.91 Å². The molecule has 3 nitrogen and oxygen atoms in total. The molecule has 3 aromatic rings. The minimum absolute atomic E-state index is 0.0197. The van der Waals surface area contributed by atoms with Crippen LogP contribution < -0.4 is 4.90 Å². The number of unbranched alkanes of at least 4 members (excludes halogenated alkanes) is 1. The zero-order valence-electron chi connectivity index (χ0n) is 17.3. The summed E-state index contributed by atoms with van der Waals surface area (Å²) in [6, 6.07) is 27.8. The van der Waals surface area contributed by atoms with Crippen LogP contribution in [0.25, 0.3) is 0 Å². The molecule has 3 heteroatoms. The van der Waals surface area contributed by atoms with Gasteiger partial charge in [0.05, 0.1) is 12.7 Å². The van der Waals surface area contributed by atoms with Crippen molar-refractivity contribution in [2.45, 2.75) is 38.9 Å². The molecule has 0 heterocycles. The quantitative estimate of drug-likeness (QED) is 0.424. The summed E-state index contributed by atoms with van der Waals surface area (Å²) >= 11 is 0. The number of amides is 1. The van der Waals surface area contributed by atoms with Gasteiger partial charge in [0.2, 0.25) is 0 Å². The first kappa shape index (κ1) is 20.8. The predicted molar refractivity (Wildman–Crippen MR) is 119 cm³/mol. The molecule has 3 rings (SSSR count). The number of hydrogen-bond donors (Lipinski definition) is 0. The molecule has 0 saturated heterocycles. The van der Waals surface area contributed by atoms with Crippen molar-refractivity contribution in [1.29, 1.82) is 0 Å². The van der Waals surface area contributed by atoms with Crippen molar-refractivity contribution < 1.29 is 9.53 Å². The summed E-state index contributed by atoms with van der Waals surface area (Å²) in [6.45, 7) is 2.72. The van der Waals surface area contributed by atoms with E-state index in [4.69, 9.17) is 4.74 Å². The van der Waals surface area contributed by atoms with Crippen LogP contribution in [-0.4, -0.2) is 13.0 Å². The van der Waals surface area contributed by atoms with Crippen LogP contribution in [0.2, 0.25) is 0 Å². The van der Waals surface area contributed by atoms with Crippen LogP contribution in [0.1, 0.15) is 53.8 Å². The minimum Gasteiger partial charge on any atom is -0.369 e. The first-order valence-corrected chi connectivity index (χ1v) is 10.3. The first-order chi connectivity index (χ1) is 14.2. The van der Waals surface area contributed by atoms with Gasteiger partial charge in [-0.05, 0) is 41.8 Å². The van der Waals surface area contributed by atoms with E-state index in [9.17, 15) is 4.79 Å². The highest BCUT2D eigenvalue weighted by Crippen LogP contribution is 2.26. The van der Waals surface area contributed by atoms with Crippen LogP contribution >= 0.6 is 0 Å². The maximum atomic E-state index is 12.7. The Morgan fingerprint density at radius 2 is 1.62 bits per heavy atom. The number of hydrogen-bond acceptors (Lipinski definition) is 2. The van der Waals surface area contributed by atoms with E-state index in [0.717, 1.165) is 30.5 Å². The molecule has 3 aromatic carbocycles. The zero-order chi connectivity index (χ0) is 20.5. The van der Waals surface area contributed by atoms with E-state index in [1.54, 1.807) is 4.90 Å². The second-order valence-electron chi connectivity index (χ2n) is 7.25. The highest BCUT2D eigenvalue weighted by molar-refractivity contribution is 6.05. The van der Waals surface area contributed by atoms with E-state index < -0.39 is 0 Å². The van der Waals surface area contributed by atoms with Crippen LogP contribution in [0, 0.1) is 0 Å².